The van der Waals surface area contributed by atoms with Crippen LogP contribution in [0.4, 0.5) is 0 Å². The summed E-state index contributed by atoms with van der Waals surface area (Å²) in [5.74, 6) is -0.978. The summed E-state index contributed by atoms with van der Waals surface area (Å²) in [6, 6.07) is 3.48. The molecule has 1 heterocycles. The molecule has 1 N–H and O–H groups in total. The van der Waals surface area contributed by atoms with E-state index < -0.39 is 5.97 Å². The predicted molar refractivity (Wildman–Crippen MR) is 66.4 cm³/mol. The third-order valence-electron chi connectivity index (χ3n) is 2.68. The molecule has 4 nitrogen and oxygen atoms in total. The lowest BCUT2D eigenvalue weighted by Crippen LogP contribution is -2.31. The molecule has 4 heteroatoms. The molecule has 0 saturated carbocycles. The van der Waals surface area contributed by atoms with Gasteiger partial charge in [-0.1, -0.05) is 26.8 Å². The average molecular weight is 237 g/mol. The Morgan fingerprint density at radius 1 is 1.35 bits per heavy atom. The van der Waals surface area contributed by atoms with Gasteiger partial charge in [0.05, 0.1) is 6.42 Å². The Hall–Kier alpha value is -1.58. The summed E-state index contributed by atoms with van der Waals surface area (Å²) in [6.45, 7) is 8.54. The third-order valence-corrected chi connectivity index (χ3v) is 2.68. The van der Waals surface area contributed by atoms with E-state index in [1.807, 2.05) is 33.8 Å². The highest BCUT2D eigenvalue weighted by atomic mass is 16.4. The zero-order chi connectivity index (χ0) is 13.2. The van der Waals surface area contributed by atoms with Crippen LogP contribution in [0.3, 0.4) is 0 Å². The Kier molecular flexibility index (Phi) is 3.76. The van der Waals surface area contributed by atoms with E-state index in [0.29, 0.717) is 12.1 Å². The van der Waals surface area contributed by atoms with Crippen LogP contribution in [0.25, 0.3) is 0 Å². The summed E-state index contributed by atoms with van der Waals surface area (Å²) in [6.07, 6.45) is -0.219. The van der Waals surface area contributed by atoms with Crippen molar-refractivity contribution >= 4 is 5.97 Å². The molecule has 1 aromatic heterocycles. The Bertz CT molecular complexity index is 480. The van der Waals surface area contributed by atoms with E-state index >= 15 is 0 Å². The van der Waals surface area contributed by atoms with E-state index in [-0.39, 0.29) is 17.4 Å². The van der Waals surface area contributed by atoms with Gasteiger partial charge in [-0.05, 0) is 13.0 Å². The molecule has 1 rings (SSSR count). The van der Waals surface area contributed by atoms with E-state index in [0.717, 1.165) is 5.69 Å². The molecular weight excluding hydrogens is 218 g/mol. The molecule has 0 unspecified atom stereocenters. The summed E-state index contributed by atoms with van der Waals surface area (Å²) < 4.78 is 1.65. The van der Waals surface area contributed by atoms with Gasteiger partial charge in [0.1, 0.15) is 0 Å². The smallest absolute Gasteiger partial charge is 0.308 e. The molecule has 0 radical (unpaired) electrons. The summed E-state index contributed by atoms with van der Waals surface area (Å²) >= 11 is 0. The first-order valence-corrected chi connectivity index (χ1v) is 5.72. The van der Waals surface area contributed by atoms with Crippen LogP contribution in [0, 0.1) is 0 Å². The fourth-order valence-corrected chi connectivity index (χ4v) is 1.89. The van der Waals surface area contributed by atoms with Gasteiger partial charge in [0.25, 0.3) is 5.56 Å². The van der Waals surface area contributed by atoms with Crippen molar-refractivity contribution in [1.82, 2.24) is 4.57 Å². The lowest BCUT2D eigenvalue weighted by atomic mass is 9.90. The van der Waals surface area contributed by atoms with Crippen LogP contribution in [0.1, 0.15) is 39.0 Å². The third kappa shape index (κ3) is 2.96. The quantitative estimate of drug-likeness (QED) is 0.872. The number of nitrogens with zero attached hydrogens (tertiary/aromatic N) is 1. The molecule has 1 aromatic rings. The van der Waals surface area contributed by atoms with Crippen molar-refractivity contribution in [1.29, 1.82) is 0 Å². The molecule has 0 bridgehead atoms. The number of carbonyl (C=O) groups is 1. The first kappa shape index (κ1) is 13.5. The minimum atomic E-state index is -0.978. The number of rotatable bonds is 3. The Labute approximate surface area is 101 Å². The Morgan fingerprint density at radius 3 is 2.35 bits per heavy atom. The van der Waals surface area contributed by atoms with Crippen LogP contribution >= 0.6 is 0 Å². The molecule has 0 fully saturated rings. The van der Waals surface area contributed by atoms with Gasteiger partial charge >= 0.3 is 5.97 Å². The lowest BCUT2D eigenvalue weighted by Gasteiger charge is -2.24. The van der Waals surface area contributed by atoms with Gasteiger partial charge in [-0.15, -0.1) is 0 Å². The van der Waals surface area contributed by atoms with Gasteiger partial charge in [0, 0.05) is 23.2 Å². The second-order valence-electron chi connectivity index (χ2n) is 5.11. The first-order valence-electron chi connectivity index (χ1n) is 5.72. The van der Waals surface area contributed by atoms with Gasteiger partial charge in [0.2, 0.25) is 0 Å². The van der Waals surface area contributed by atoms with E-state index in [1.54, 1.807) is 10.6 Å². The molecule has 17 heavy (non-hydrogen) atoms. The van der Waals surface area contributed by atoms with Crippen LogP contribution in [-0.2, 0) is 23.2 Å². The van der Waals surface area contributed by atoms with E-state index in [2.05, 4.69) is 0 Å². The van der Waals surface area contributed by atoms with Crippen LogP contribution in [0.2, 0.25) is 0 Å². The second-order valence-corrected chi connectivity index (χ2v) is 5.11. The fraction of sp³-hybridized carbons (Fsp3) is 0.538. The highest BCUT2D eigenvalue weighted by Crippen LogP contribution is 2.21. The van der Waals surface area contributed by atoms with Crippen molar-refractivity contribution in [2.24, 2.45) is 0 Å². The van der Waals surface area contributed by atoms with E-state index in [9.17, 15) is 9.59 Å². The molecule has 0 aliphatic carbocycles. The van der Waals surface area contributed by atoms with Crippen molar-refractivity contribution in [2.45, 2.75) is 46.1 Å². The van der Waals surface area contributed by atoms with Gasteiger partial charge in [0.15, 0.2) is 0 Å². The molecular formula is C13H19NO3. The van der Waals surface area contributed by atoms with Crippen molar-refractivity contribution in [3.8, 4) is 0 Å². The predicted octanol–water partition coefficient (Wildman–Crippen LogP) is 1.79. The van der Waals surface area contributed by atoms with Crippen molar-refractivity contribution in [3.63, 3.8) is 0 Å². The van der Waals surface area contributed by atoms with E-state index in [1.165, 1.54) is 0 Å². The number of pyridine rings is 1. The SMILES string of the molecule is CCn1c(C(C)(C)C)ccc(CC(=O)O)c1=O. The molecule has 0 atom stereocenters. The molecule has 0 aromatic carbocycles. The lowest BCUT2D eigenvalue weighted by molar-refractivity contribution is -0.136. The van der Waals surface area contributed by atoms with Crippen LogP contribution in [0.15, 0.2) is 16.9 Å². The summed E-state index contributed by atoms with van der Waals surface area (Å²) in [5.41, 5.74) is 0.950. The van der Waals surface area contributed by atoms with Crippen LogP contribution in [-0.4, -0.2) is 15.6 Å². The van der Waals surface area contributed by atoms with Crippen molar-refractivity contribution in [2.75, 3.05) is 0 Å². The zero-order valence-electron chi connectivity index (χ0n) is 10.8. The number of aromatic nitrogens is 1. The monoisotopic (exact) mass is 237 g/mol. The number of carboxylic acid groups (broad SMARTS) is 1. The largest absolute Gasteiger partial charge is 0.481 e. The fourth-order valence-electron chi connectivity index (χ4n) is 1.89. The first-order chi connectivity index (χ1) is 7.77. The summed E-state index contributed by atoms with van der Waals surface area (Å²) in [7, 11) is 0. The maximum absolute atomic E-state index is 12.1. The maximum atomic E-state index is 12.1. The molecule has 0 amide bonds. The van der Waals surface area contributed by atoms with Gasteiger partial charge in [-0.25, -0.2) is 0 Å². The molecule has 0 aliphatic heterocycles. The van der Waals surface area contributed by atoms with Crippen molar-refractivity contribution < 1.29 is 9.90 Å². The van der Waals surface area contributed by atoms with Crippen LogP contribution < -0.4 is 5.56 Å². The molecule has 0 aliphatic rings. The van der Waals surface area contributed by atoms with Crippen LogP contribution in [0.5, 0.6) is 0 Å². The minimum absolute atomic E-state index is 0.128. The second kappa shape index (κ2) is 4.73. The average Bonchev–Trinajstić information content (AvgIpc) is 2.18. The van der Waals surface area contributed by atoms with Gasteiger partial charge in [-0.2, -0.15) is 0 Å². The summed E-state index contributed by atoms with van der Waals surface area (Å²) in [4.78, 5) is 22.8. The van der Waals surface area contributed by atoms with Gasteiger partial charge < -0.3 is 9.67 Å². The number of hydrogen-bond acceptors (Lipinski definition) is 2. The Morgan fingerprint density at radius 2 is 1.94 bits per heavy atom. The number of aliphatic carboxylic acids is 1. The normalized spacial score (nSPS) is 11.5. The van der Waals surface area contributed by atoms with E-state index in [4.69, 9.17) is 5.11 Å². The van der Waals surface area contributed by atoms with Gasteiger partial charge in [-0.3, -0.25) is 9.59 Å². The topological polar surface area (TPSA) is 59.3 Å². The maximum Gasteiger partial charge on any atom is 0.308 e. The number of carboxylic acids is 1. The highest BCUT2D eigenvalue weighted by molar-refractivity contribution is 5.70. The summed E-state index contributed by atoms with van der Waals surface area (Å²) in [5, 5.41) is 8.74. The van der Waals surface area contributed by atoms with Crippen molar-refractivity contribution in [3.05, 3.63) is 33.7 Å². The molecule has 0 spiro atoms. The molecule has 94 valence electrons. The minimum Gasteiger partial charge on any atom is -0.481 e. The number of hydrogen-bond donors (Lipinski definition) is 1. The molecule has 0 saturated heterocycles. The Balaban J connectivity index is 3.38. The standard InChI is InChI=1S/C13H19NO3/c1-5-14-10(13(2,3)4)7-6-9(12(14)17)8-11(15)16/h6-7H,5,8H2,1-4H3,(H,15,16). The highest BCUT2D eigenvalue weighted by Gasteiger charge is 2.19. The zero-order valence-corrected chi connectivity index (χ0v) is 10.8.